The van der Waals surface area contributed by atoms with E-state index in [9.17, 15) is 0 Å². The topological polar surface area (TPSA) is 39.6 Å². The fraction of sp³-hybridized carbons (Fsp3) is 0. The summed E-state index contributed by atoms with van der Waals surface area (Å²) in [6.07, 6.45) is 0. The van der Waals surface area contributed by atoms with Gasteiger partial charge in [-0.25, -0.2) is 0 Å². The summed E-state index contributed by atoms with van der Waals surface area (Å²) in [6, 6.07) is 15.9. The molecule has 3 aromatic rings. The van der Waals surface area contributed by atoms with Gasteiger partial charge in [-0.3, -0.25) is 5.41 Å². The SMILES string of the molecule is N=c1ccccc2c1[nH]c1ccccc12. The molecule has 2 N–H and O–H groups in total. The molecule has 0 radical (unpaired) electrons. The number of fused-ring (bicyclic) bond motifs is 3. The smallest absolute Gasteiger partial charge is 0.0781 e. The van der Waals surface area contributed by atoms with E-state index in [-0.39, 0.29) is 0 Å². The van der Waals surface area contributed by atoms with Crippen LogP contribution in [0.5, 0.6) is 0 Å². The summed E-state index contributed by atoms with van der Waals surface area (Å²) >= 11 is 0. The van der Waals surface area contributed by atoms with Gasteiger partial charge in [0.05, 0.1) is 10.9 Å². The third-order valence-electron chi connectivity index (χ3n) is 2.65. The van der Waals surface area contributed by atoms with Crippen molar-refractivity contribution in [2.75, 3.05) is 0 Å². The number of para-hydroxylation sites is 1. The fourth-order valence-corrected chi connectivity index (χ4v) is 1.94. The second kappa shape index (κ2) is 2.95. The second-order valence-corrected chi connectivity index (χ2v) is 3.59. The lowest BCUT2D eigenvalue weighted by Crippen LogP contribution is -1.94. The molecule has 0 aliphatic carbocycles. The van der Waals surface area contributed by atoms with Crippen molar-refractivity contribution >= 4 is 21.8 Å². The fourth-order valence-electron chi connectivity index (χ4n) is 1.94. The first kappa shape index (κ1) is 8.24. The van der Waals surface area contributed by atoms with Crippen LogP contribution in [-0.4, -0.2) is 4.98 Å². The first-order chi connectivity index (χ1) is 7.36. The minimum absolute atomic E-state index is 0.534. The van der Waals surface area contributed by atoms with Gasteiger partial charge in [-0.15, -0.1) is 0 Å². The summed E-state index contributed by atoms with van der Waals surface area (Å²) in [5.41, 5.74) is 1.99. The molecule has 0 bridgehead atoms. The Bertz CT molecular complexity index is 695. The van der Waals surface area contributed by atoms with Crippen LogP contribution in [0.4, 0.5) is 0 Å². The quantitative estimate of drug-likeness (QED) is 0.552. The third-order valence-corrected chi connectivity index (χ3v) is 2.65. The van der Waals surface area contributed by atoms with Gasteiger partial charge in [0.15, 0.2) is 0 Å². The second-order valence-electron chi connectivity index (χ2n) is 3.59. The lowest BCUT2D eigenvalue weighted by atomic mass is 10.2. The van der Waals surface area contributed by atoms with E-state index in [2.05, 4.69) is 11.1 Å². The molecule has 0 aliphatic rings. The Balaban J connectivity index is 2.70. The number of hydrogen-bond acceptors (Lipinski definition) is 1. The van der Waals surface area contributed by atoms with E-state index >= 15 is 0 Å². The molecule has 0 fully saturated rings. The van der Waals surface area contributed by atoms with Crippen molar-refractivity contribution in [2.24, 2.45) is 0 Å². The first-order valence-electron chi connectivity index (χ1n) is 4.90. The van der Waals surface area contributed by atoms with Gasteiger partial charge in [0, 0.05) is 16.3 Å². The van der Waals surface area contributed by atoms with Crippen molar-refractivity contribution in [3.05, 3.63) is 53.9 Å². The Morgan fingerprint density at radius 3 is 2.33 bits per heavy atom. The van der Waals surface area contributed by atoms with Crippen LogP contribution in [-0.2, 0) is 0 Å². The molecule has 72 valence electrons. The zero-order valence-corrected chi connectivity index (χ0v) is 8.12. The zero-order chi connectivity index (χ0) is 10.3. The van der Waals surface area contributed by atoms with Crippen LogP contribution in [0, 0.1) is 5.41 Å². The molecule has 2 aromatic carbocycles. The highest BCUT2D eigenvalue weighted by Crippen LogP contribution is 2.21. The molecule has 0 amide bonds. The Morgan fingerprint density at radius 1 is 0.800 bits per heavy atom. The van der Waals surface area contributed by atoms with E-state index in [1.165, 1.54) is 5.39 Å². The molecule has 2 nitrogen and oxygen atoms in total. The largest absolute Gasteiger partial charge is 0.353 e. The highest BCUT2D eigenvalue weighted by molar-refractivity contribution is 6.06. The van der Waals surface area contributed by atoms with Gasteiger partial charge in [0.1, 0.15) is 0 Å². The number of H-pyrrole nitrogens is 1. The summed E-state index contributed by atoms with van der Waals surface area (Å²) in [6.45, 7) is 0. The normalized spacial score (nSPS) is 10.9. The molecule has 2 heteroatoms. The van der Waals surface area contributed by atoms with Crippen LogP contribution in [0.1, 0.15) is 0 Å². The third kappa shape index (κ3) is 1.15. The predicted octanol–water partition coefficient (Wildman–Crippen LogP) is 2.80. The first-order valence-corrected chi connectivity index (χ1v) is 4.90. The summed E-state index contributed by atoms with van der Waals surface area (Å²) in [5.74, 6) is 0. The van der Waals surface area contributed by atoms with Crippen molar-refractivity contribution in [1.29, 1.82) is 5.41 Å². The van der Waals surface area contributed by atoms with Crippen molar-refractivity contribution in [3.8, 4) is 0 Å². The number of benzene rings is 1. The predicted molar refractivity (Wildman–Crippen MR) is 61.7 cm³/mol. The van der Waals surface area contributed by atoms with E-state index in [0.717, 1.165) is 16.4 Å². The maximum absolute atomic E-state index is 7.88. The van der Waals surface area contributed by atoms with Gasteiger partial charge in [0.2, 0.25) is 0 Å². The monoisotopic (exact) mass is 194 g/mol. The van der Waals surface area contributed by atoms with Gasteiger partial charge in [-0.05, 0) is 12.1 Å². The van der Waals surface area contributed by atoms with Crippen molar-refractivity contribution in [3.63, 3.8) is 0 Å². The zero-order valence-electron chi connectivity index (χ0n) is 8.12. The molecular formula is C13H10N2. The molecule has 0 aliphatic heterocycles. The highest BCUT2D eigenvalue weighted by atomic mass is 14.7. The number of nitrogens with one attached hydrogen (secondary N) is 2. The molecule has 1 heterocycles. The van der Waals surface area contributed by atoms with Crippen LogP contribution >= 0.6 is 0 Å². The molecule has 0 saturated heterocycles. The Morgan fingerprint density at radius 2 is 1.47 bits per heavy atom. The van der Waals surface area contributed by atoms with Crippen LogP contribution in [0.15, 0.2) is 48.5 Å². The van der Waals surface area contributed by atoms with Gasteiger partial charge < -0.3 is 4.98 Å². The van der Waals surface area contributed by atoms with E-state index in [1.807, 2.05) is 36.4 Å². The molecule has 0 atom stereocenters. The average Bonchev–Trinajstić information content (AvgIpc) is 2.54. The molecule has 0 saturated carbocycles. The highest BCUT2D eigenvalue weighted by Gasteiger charge is 2.01. The molecular weight excluding hydrogens is 184 g/mol. The lowest BCUT2D eigenvalue weighted by molar-refractivity contribution is 1.29. The number of aromatic nitrogens is 1. The maximum atomic E-state index is 7.88. The molecule has 0 spiro atoms. The van der Waals surface area contributed by atoms with E-state index in [4.69, 9.17) is 5.41 Å². The standard InChI is InChI=1S/C13H10N2/c14-11-7-3-1-6-10-9-5-2-4-8-12(9)15-13(10)11/h1-8,14-15H. The molecule has 15 heavy (non-hydrogen) atoms. The van der Waals surface area contributed by atoms with E-state index in [1.54, 1.807) is 6.07 Å². The Labute approximate surface area is 86.7 Å². The van der Waals surface area contributed by atoms with Crippen LogP contribution in [0.25, 0.3) is 21.8 Å². The van der Waals surface area contributed by atoms with E-state index in [0.29, 0.717) is 5.36 Å². The summed E-state index contributed by atoms with van der Waals surface area (Å²) in [4.78, 5) is 3.28. The van der Waals surface area contributed by atoms with Crippen molar-refractivity contribution < 1.29 is 0 Å². The maximum Gasteiger partial charge on any atom is 0.0781 e. The van der Waals surface area contributed by atoms with E-state index < -0.39 is 0 Å². The minimum Gasteiger partial charge on any atom is -0.353 e. The Kier molecular flexibility index (Phi) is 1.62. The van der Waals surface area contributed by atoms with Gasteiger partial charge >= 0.3 is 0 Å². The summed E-state index contributed by atoms with van der Waals surface area (Å²) < 4.78 is 0. The van der Waals surface area contributed by atoms with Crippen LogP contribution in [0.3, 0.4) is 0 Å². The van der Waals surface area contributed by atoms with Gasteiger partial charge in [-0.2, -0.15) is 0 Å². The van der Waals surface area contributed by atoms with Crippen molar-refractivity contribution in [2.45, 2.75) is 0 Å². The Hall–Kier alpha value is -2.09. The lowest BCUT2D eigenvalue weighted by Gasteiger charge is -1.85. The summed E-state index contributed by atoms with van der Waals surface area (Å²) in [5, 5.41) is 10.7. The van der Waals surface area contributed by atoms with Crippen LogP contribution in [0.2, 0.25) is 0 Å². The van der Waals surface area contributed by atoms with Gasteiger partial charge in [-0.1, -0.05) is 36.4 Å². The molecule has 0 unspecified atom stereocenters. The van der Waals surface area contributed by atoms with Crippen LogP contribution < -0.4 is 5.36 Å². The number of rotatable bonds is 0. The average molecular weight is 194 g/mol. The van der Waals surface area contributed by atoms with Gasteiger partial charge in [0.25, 0.3) is 0 Å². The molecule has 3 rings (SSSR count). The van der Waals surface area contributed by atoms with Crippen molar-refractivity contribution in [1.82, 2.24) is 4.98 Å². The number of aromatic amines is 1. The minimum atomic E-state index is 0.534. The summed E-state index contributed by atoms with van der Waals surface area (Å²) in [7, 11) is 0. The number of hydrogen-bond donors (Lipinski definition) is 2. The molecule has 1 aromatic heterocycles.